The summed E-state index contributed by atoms with van der Waals surface area (Å²) in [4.78, 5) is 152. The summed E-state index contributed by atoms with van der Waals surface area (Å²) in [5, 5.41) is 9.37. The van der Waals surface area contributed by atoms with E-state index < -0.39 is 95.3 Å². The van der Waals surface area contributed by atoms with Gasteiger partial charge in [0.25, 0.3) is 0 Å². The zero-order valence-corrected chi connectivity index (χ0v) is 36.2. The van der Waals surface area contributed by atoms with Crippen LogP contribution in [0.1, 0.15) is 64.9 Å². The number of nitrogens with zero attached hydrogens (tertiary/aromatic N) is 1. The van der Waals surface area contributed by atoms with Gasteiger partial charge in [-0.25, -0.2) is 0 Å². The third kappa shape index (κ3) is 14.8. The molecule has 18 nitrogen and oxygen atoms in total. The quantitative estimate of drug-likeness (QED) is 0.0392. The molecule has 1 aromatic rings. The molecule has 2 atom stereocenters. The van der Waals surface area contributed by atoms with Gasteiger partial charge in [-0.3, -0.25) is 62.4 Å². The molecule has 0 radical (unpaired) electrons. The fourth-order valence-corrected chi connectivity index (χ4v) is 8.75. The number of benzene rings is 1. The van der Waals surface area contributed by atoms with Gasteiger partial charge in [-0.1, -0.05) is 33.7 Å². The summed E-state index contributed by atoms with van der Waals surface area (Å²) >= 11 is 1.06. The number of carbonyl (C=O) groups is 12. The van der Waals surface area contributed by atoms with Crippen LogP contribution in [0.25, 0.3) is 0 Å². The smallest absolute Gasteiger partial charge is 0.250 e. The lowest BCUT2D eigenvalue weighted by molar-refractivity contribution is -0.155. The third-order valence-corrected chi connectivity index (χ3v) is 12.9. The van der Waals surface area contributed by atoms with Crippen molar-refractivity contribution in [2.24, 2.45) is 11.3 Å². The minimum atomic E-state index is -2.70. The first kappa shape index (κ1) is 49.6. The molecule has 0 bridgehead atoms. The highest BCUT2D eigenvalue weighted by atomic mass is 33.2. The molecule has 0 aliphatic carbocycles. The molecule has 0 aromatic heterocycles. The van der Waals surface area contributed by atoms with Crippen LogP contribution in [0.5, 0.6) is 0 Å². The molecule has 0 saturated carbocycles. The molecule has 6 amide bonds. The summed E-state index contributed by atoms with van der Waals surface area (Å²) in [6, 6.07) is 6.67. The predicted octanol–water partition coefficient (Wildman–Crippen LogP) is 0.772. The lowest BCUT2D eigenvalue weighted by Crippen LogP contribution is -2.54. The molecule has 2 unspecified atom stereocenters. The lowest BCUT2D eigenvalue weighted by Gasteiger charge is -2.28. The van der Waals surface area contributed by atoms with E-state index in [-0.39, 0.29) is 73.1 Å². The Kier molecular flexibility index (Phi) is 19.8. The van der Waals surface area contributed by atoms with Crippen molar-refractivity contribution < 1.29 is 62.3 Å². The Labute approximate surface area is 358 Å². The van der Waals surface area contributed by atoms with Crippen LogP contribution >= 0.6 is 33.3 Å². The molecule has 2 aliphatic heterocycles. The number of carbonyl (C=O) groups excluding carboxylic acids is 12. The number of anilines is 1. The molecule has 0 spiro atoms. The zero-order chi connectivity index (χ0) is 44.6. The molecule has 60 heavy (non-hydrogen) atoms. The predicted molar refractivity (Wildman–Crippen MR) is 222 cm³/mol. The van der Waals surface area contributed by atoms with Gasteiger partial charge < -0.3 is 26.0 Å². The molecular formula is C39H49N5O13S3. The lowest BCUT2D eigenvalue weighted by atomic mass is 9.68. The van der Waals surface area contributed by atoms with E-state index in [1.807, 2.05) is 0 Å². The van der Waals surface area contributed by atoms with Crippen molar-refractivity contribution in [3.05, 3.63) is 29.8 Å². The van der Waals surface area contributed by atoms with E-state index in [0.717, 1.165) is 43.0 Å². The second kappa shape index (κ2) is 23.9. The highest BCUT2D eigenvalue weighted by Crippen LogP contribution is 2.54. The third-order valence-electron chi connectivity index (χ3n) is 9.58. The Hall–Kier alpha value is -4.73. The number of amides is 6. The van der Waals surface area contributed by atoms with Crippen LogP contribution in [0.3, 0.4) is 0 Å². The van der Waals surface area contributed by atoms with Crippen molar-refractivity contribution in [3.8, 4) is 0 Å². The Morgan fingerprint density at radius 1 is 0.817 bits per heavy atom. The molecular weight excluding hydrogens is 843 g/mol. The van der Waals surface area contributed by atoms with E-state index in [1.54, 1.807) is 24.3 Å². The molecule has 3 rings (SSSR count). The largest absolute Gasteiger partial charge is 0.362 e. The van der Waals surface area contributed by atoms with E-state index in [1.165, 1.54) is 28.6 Å². The number of imide groups is 1. The highest BCUT2D eigenvalue weighted by molar-refractivity contribution is 8.93. The number of rotatable bonds is 28. The van der Waals surface area contributed by atoms with Crippen molar-refractivity contribution in [2.75, 3.05) is 51.0 Å². The molecule has 2 saturated heterocycles. The standard InChI is InChI=1S/C39H49N5O13S3/c1-22(45)39(23(2)46,24(3)47)36(55)26(17-28(48)13-16-58-30-18-35(54)44(37(30)56)15-12-29(49)38-59-60-38)19-42-33(52)20-57-21-34(53)43-27-8-5-25(6-9-27)7-10-32(51)41-14-11-31(50)40-4/h5-6,8-9,26,30,38H,7,10-21H2,1-4H3,(H,40,50)(H,41,51)(H,42,52)(H,43,53). The van der Waals surface area contributed by atoms with Crippen LogP contribution < -0.4 is 21.3 Å². The van der Waals surface area contributed by atoms with Crippen molar-refractivity contribution in [3.63, 3.8) is 0 Å². The maximum atomic E-state index is 13.8. The van der Waals surface area contributed by atoms with Gasteiger partial charge in [0.2, 0.25) is 40.9 Å². The van der Waals surface area contributed by atoms with Gasteiger partial charge in [-0.2, -0.15) is 0 Å². The molecule has 2 heterocycles. The minimum Gasteiger partial charge on any atom is -0.362 e. The van der Waals surface area contributed by atoms with E-state index in [4.69, 9.17) is 4.74 Å². The van der Waals surface area contributed by atoms with E-state index in [0.29, 0.717) is 12.1 Å². The van der Waals surface area contributed by atoms with Crippen molar-refractivity contribution >= 4 is 109 Å². The minimum absolute atomic E-state index is 0.0214. The number of hydrogen-bond donors (Lipinski definition) is 4. The molecule has 2 aliphatic rings. The van der Waals surface area contributed by atoms with Crippen LogP contribution in [-0.4, -0.2) is 131 Å². The van der Waals surface area contributed by atoms with E-state index in [2.05, 4.69) is 21.3 Å². The number of ether oxygens (including phenoxy) is 1. The van der Waals surface area contributed by atoms with Gasteiger partial charge in [0.05, 0.1) is 5.25 Å². The molecule has 1 aromatic carbocycles. The molecule has 21 heteroatoms. The molecule has 326 valence electrons. The number of Topliss-reactive ketones (excluding diaryl/α,β-unsaturated/α-hetero) is 6. The van der Waals surface area contributed by atoms with Gasteiger partial charge in [-0.05, 0) is 44.9 Å². The van der Waals surface area contributed by atoms with E-state index >= 15 is 0 Å². The average molecular weight is 892 g/mol. The van der Waals surface area contributed by atoms with Crippen LogP contribution in [-0.2, 0) is 68.7 Å². The maximum absolute atomic E-state index is 13.8. The van der Waals surface area contributed by atoms with Crippen molar-refractivity contribution in [1.29, 1.82) is 0 Å². The van der Waals surface area contributed by atoms with E-state index in [9.17, 15) is 57.5 Å². The number of hydrogen-bond acceptors (Lipinski definition) is 16. The summed E-state index contributed by atoms with van der Waals surface area (Å²) in [6.07, 6.45) is -0.0223. The summed E-state index contributed by atoms with van der Waals surface area (Å²) in [5.74, 6) is -9.01. The Balaban J connectivity index is 1.50. The van der Waals surface area contributed by atoms with Crippen LogP contribution in [0.2, 0.25) is 0 Å². The first-order chi connectivity index (χ1) is 28.4. The zero-order valence-electron chi connectivity index (χ0n) is 33.7. The second-order valence-corrected chi connectivity index (χ2v) is 18.1. The van der Waals surface area contributed by atoms with Gasteiger partial charge in [0, 0.05) is 82.6 Å². The number of likely N-dealkylation sites (tertiary alicyclic amines) is 1. The van der Waals surface area contributed by atoms with Gasteiger partial charge in [0.1, 0.15) is 23.6 Å². The average Bonchev–Trinajstić information content (AvgIpc) is 4.00. The maximum Gasteiger partial charge on any atom is 0.250 e. The first-order valence-corrected chi connectivity index (χ1v) is 22.3. The molecule has 4 N–H and O–H groups in total. The summed E-state index contributed by atoms with van der Waals surface area (Å²) in [5.41, 5.74) is -1.45. The SMILES string of the molecule is CNC(=O)CCNC(=O)CCc1ccc(NC(=O)COCC(=O)NCC(CC(=O)CCSC2CC(=O)N(CCC(=O)C3SS3)C2=O)C(=O)C(C(C)=O)(C(C)=O)C(C)=O)cc1. The second-order valence-electron chi connectivity index (χ2n) is 14.0. The van der Waals surface area contributed by atoms with Crippen LogP contribution in [0.4, 0.5) is 5.69 Å². The fraction of sp³-hybridized carbons (Fsp3) is 0.538. The van der Waals surface area contributed by atoms with Gasteiger partial charge in [0.15, 0.2) is 28.9 Å². The summed E-state index contributed by atoms with van der Waals surface area (Å²) < 4.78 is 5.05. The summed E-state index contributed by atoms with van der Waals surface area (Å²) in [7, 11) is 4.34. The first-order valence-electron chi connectivity index (χ1n) is 19.0. The van der Waals surface area contributed by atoms with Crippen molar-refractivity contribution in [2.45, 2.75) is 75.5 Å². The van der Waals surface area contributed by atoms with Gasteiger partial charge >= 0.3 is 0 Å². The molecule has 2 fully saturated rings. The number of aryl methyl sites for hydroxylation is 1. The van der Waals surface area contributed by atoms with Crippen LogP contribution in [0.15, 0.2) is 24.3 Å². The summed E-state index contributed by atoms with van der Waals surface area (Å²) in [6.45, 7) is 1.17. The van der Waals surface area contributed by atoms with Crippen LogP contribution in [0, 0.1) is 11.3 Å². The topological polar surface area (TPSA) is 265 Å². The van der Waals surface area contributed by atoms with Crippen molar-refractivity contribution in [1.82, 2.24) is 20.9 Å². The number of ketones is 6. The Morgan fingerprint density at radius 3 is 2.05 bits per heavy atom. The van der Waals surface area contributed by atoms with Gasteiger partial charge in [-0.15, -0.1) is 11.8 Å². The normalized spacial score (nSPS) is 15.5. The fourth-order valence-electron chi connectivity index (χ4n) is 6.28. The Bertz CT molecular complexity index is 1830. The Morgan fingerprint density at radius 2 is 1.45 bits per heavy atom. The number of nitrogens with one attached hydrogen (secondary N) is 4. The number of thioether (sulfide) groups is 1. The monoisotopic (exact) mass is 891 g/mol. The highest BCUT2D eigenvalue weighted by Gasteiger charge is 2.54.